The number of nitrogens with zero attached hydrogens (tertiary/aromatic N) is 1. The molecule has 1 N–H and O–H groups in total. The van der Waals surface area contributed by atoms with Crippen LogP contribution in [0, 0.1) is 12.3 Å². The Morgan fingerprint density at radius 3 is 2.37 bits per heavy atom. The molecule has 2 aromatic carbocycles. The molecule has 1 atom stereocenters. The molecular weight excluding hydrogens is 351 g/mol. The van der Waals surface area contributed by atoms with Crippen LogP contribution in [0.25, 0.3) is 0 Å². The van der Waals surface area contributed by atoms with Gasteiger partial charge in [-0.1, -0.05) is 42.5 Å². The van der Waals surface area contributed by atoms with Crippen molar-refractivity contribution in [3.63, 3.8) is 0 Å². The third-order valence-corrected chi connectivity index (χ3v) is 5.62. The molecule has 0 aliphatic carbocycles. The minimum Gasteiger partial charge on any atom is -0.396 e. The van der Waals surface area contributed by atoms with Gasteiger partial charge in [0.15, 0.2) is 0 Å². The van der Waals surface area contributed by atoms with Crippen LogP contribution in [0.2, 0.25) is 0 Å². The van der Waals surface area contributed by atoms with Crippen LogP contribution < -0.4 is 0 Å². The van der Waals surface area contributed by atoms with Gasteiger partial charge in [-0.3, -0.25) is 4.90 Å². The smallest absolute Gasteiger partial charge is 0.396 e. The quantitative estimate of drug-likeness (QED) is 0.807. The van der Waals surface area contributed by atoms with Crippen LogP contribution >= 0.6 is 0 Å². The first kappa shape index (κ1) is 19.9. The standard InChI is InChI=1S/C22H26F3NO/c1-17-7-2-3-8-18(17)13-21(16-27)11-6-12-26(15-21)14-19-9-4-5-10-20(19)22(23,24)25/h2-5,7-10,27H,6,11-16H2,1H3/t21-/m0/s1. The molecule has 0 radical (unpaired) electrons. The minimum absolute atomic E-state index is 0.0404. The van der Waals surface area contributed by atoms with Crippen molar-refractivity contribution in [2.45, 2.75) is 38.9 Å². The van der Waals surface area contributed by atoms with E-state index in [4.69, 9.17) is 0 Å². The van der Waals surface area contributed by atoms with Crippen molar-refractivity contribution in [1.29, 1.82) is 0 Å². The van der Waals surface area contributed by atoms with Gasteiger partial charge in [0.2, 0.25) is 0 Å². The molecule has 27 heavy (non-hydrogen) atoms. The zero-order valence-electron chi connectivity index (χ0n) is 15.6. The number of hydrogen-bond acceptors (Lipinski definition) is 2. The number of piperidine rings is 1. The Hall–Kier alpha value is -1.85. The number of aliphatic hydroxyl groups excluding tert-OH is 1. The van der Waals surface area contributed by atoms with E-state index in [1.54, 1.807) is 12.1 Å². The van der Waals surface area contributed by atoms with E-state index in [0.29, 0.717) is 12.1 Å². The van der Waals surface area contributed by atoms with Crippen LogP contribution in [0.15, 0.2) is 48.5 Å². The lowest BCUT2D eigenvalue weighted by atomic mass is 9.75. The second-order valence-electron chi connectivity index (χ2n) is 7.73. The molecule has 1 saturated heterocycles. The van der Waals surface area contributed by atoms with Gasteiger partial charge >= 0.3 is 6.18 Å². The number of rotatable bonds is 5. The maximum atomic E-state index is 13.3. The average molecular weight is 377 g/mol. The molecular formula is C22H26F3NO. The summed E-state index contributed by atoms with van der Waals surface area (Å²) in [5, 5.41) is 10.2. The zero-order chi connectivity index (χ0) is 19.5. The molecule has 146 valence electrons. The number of halogens is 3. The SMILES string of the molecule is Cc1ccccc1C[C@@]1(CO)CCCN(Cc2ccccc2C(F)(F)F)C1. The van der Waals surface area contributed by atoms with Crippen molar-refractivity contribution in [3.8, 4) is 0 Å². The lowest BCUT2D eigenvalue weighted by Crippen LogP contribution is -2.46. The van der Waals surface area contributed by atoms with E-state index in [0.717, 1.165) is 31.9 Å². The van der Waals surface area contributed by atoms with Crippen molar-refractivity contribution in [3.05, 3.63) is 70.8 Å². The molecule has 0 saturated carbocycles. The molecule has 0 aromatic heterocycles. The molecule has 1 fully saturated rings. The van der Waals surface area contributed by atoms with Gasteiger partial charge in [0.25, 0.3) is 0 Å². The summed E-state index contributed by atoms with van der Waals surface area (Å²) < 4.78 is 39.9. The molecule has 2 aromatic rings. The zero-order valence-corrected chi connectivity index (χ0v) is 15.6. The summed E-state index contributed by atoms with van der Waals surface area (Å²) in [6, 6.07) is 13.9. The van der Waals surface area contributed by atoms with Gasteiger partial charge in [-0.2, -0.15) is 13.2 Å². The van der Waals surface area contributed by atoms with Crippen LogP contribution in [0.4, 0.5) is 13.2 Å². The number of hydrogen-bond donors (Lipinski definition) is 1. The fraction of sp³-hybridized carbons (Fsp3) is 0.455. The van der Waals surface area contributed by atoms with E-state index in [9.17, 15) is 18.3 Å². The Morgan fingerprint density at radius 1 is 1.04 bits per heavy atom. The van der Waals surface area contributed by atoms with Gasteiger partial charge in [-0.15, -0.1) is 0 Å². The molecule has 3 rings (SSSR count). The summed E-state index contributed by atoms with van der Waals surface area (Å²) in [5.74, 6) is 0. The molecule has 1 heterocycles. The summed E-state index contributed by atoms with van der Waals surface area (Å²) in [7, 11) is 0. The van der Waals surface area contributed by atoms with E-state index in [1.165, 1.54) is 17.2 Å². The maximum absolute atomic E-state index is 13.3. The molecule has 1 aliphatic heterocycles. The van der Waals surface area contributed by atoms with Crippen molar-refractivity contribution in [2.75, 3.05) is 19.7 Å². The van der Waals surface area contributed by atoms with E-state index in [-0.39, 0.29) is 18.6 Å². The second-order valence-corrected chi connectivity index (χ2v) is 7.73. The lowest BCUT2D eigenvalue weighted by Gasteiger charge is -2.42. The van der Waals surface area contributed by atoms with Gasteiger partial charge < -0.3 is 5.11 Å². The van der Waals surface area contributed by atoms with Crippen molar-refractivity contribution < 1.29 is 18.3 Å². The highest BCUT2D eigenvalue weighted by Gasteiger charge is 2.37. The van der Waals surface area contributed by atoms with Crippen LogP contribution in [-0.2, 0) is 19.1 Å². The van der Waals surface area contributed by atoms with Gasteiger partial charge in [0.1, 0.15) is 0 Å². The van der Waals surface area contributed by atoms with Gasteiger partial charge in [-0.05, 0) is 55.5 Å². The molecule has 5 heteroatoms. The summed E-state index contributed by atoms with van der Waals surface area (Å²) in [6.07, 6.45) is -1.84. The maximum Gasteiger partial charge on any atom is 0.416 e. The van der Waals surface area contributed by atoms with E-state index in [2.05, 4.69) is 24.0 Å². The highest BCUT2D eigenvalue weighted by Crippen LogP contribution is 2.36. The molecule has 1 aliphatic rings. The van der Waals surface area contributed by atoms with Crippen LogP contribution in [-0.4, -0.2) is 29.7 Å². The Balaban J connectivity index is 1.78. The van der Waals surface area contributed by atoms with E-state index < -0.39 is 11.7 Å². The van der Waals surface area contributed by atoms with E-state index >= 15 is 0 Å². The average Bonchev–Trinajstić information content (AvgIpc) is 2.63. The number of alkyl halides is 3. The third-order valence-electron chi connectivity index (χ3n) is 5.62. The fourth-order valence-electron chi connectivity index (χ4n) is 4.16. The highest BCUT2D eigenvalue weighted by molar-refractivity contribution is 5.30. The largest absolute Gasteiger partial charge is 0.416 e. The normalized spacial score (nSPS) is 21.4. The highest BCUT2D eigenvalue weighted by atomic mass is 19.4. The van der Waals surface area contributed by atoms with Gasteiger partial charge in [0, 0.05) is 18.5 Å². The summed E-state index contributed by atoms with van der Waals surface area (Å²) in [5.41, 5.74) is 1.81. The lowest BCUT2D eigenvalue weighted by molar-refractivity contribution is -0.138. The van der Waals surface area contributed by atoms with Crippen molar-refractivity contribution >= 4 is 0 Å². The van der Waals surface area contributed by atoms with Crippen molar-refractivity contribution in [1.82, 2.24) is 4.90 Å². The third kappa shape index (κ3) is 4.71. The Labute approximate surface area is 158 Å². The Kier molecular flexibility index (Phi) is 5.92. The predicted molar refractivity (Wildman–Crippen MR) is 100 cm³/mol. The van der Waals surface area contributed by atoms with Gasteiger partial charge in [-0.25, -0.2) is 0 Å². The summed E-state index contributed by atoms with van der Waals surface area (Å²) >= 11 is 0. The molecule has 0 amide bonds. The number of likely N-dealkylation sites (tertiary alicyclic amines) is 1. The Morgan fingerprint density at radius 2 is 1.70 bits per heavy atom. The predicted octanol–water partition coefficient (Wildman–Crippen LogP) is 4.83. The number of benzene rings is 2. The van der Waals surface area contributed by atoms with Crippen LogP contribution in [0.1, 0.15) is 35.1 Å². The van der Waals surface area contributed by atoms with Crippen LogP contribution in [0.5, 0.6) is 0 Å². The van der Waals surface area contributed by atoms with Crippen LogP contribution in [0.3, 0.4) is 0 Å². The topological polar surface area (TPSA) is 23.5 Å². The number of aryl methyl sites for hydroxylation is 1. The molecule has 0 spiro atoms. The monoisotopic (exact) mass is 377 g/mol. The molecule has 0 bridgehead atoms. The molecule has 0 unspecified atom stereocenters. The van der Waals surface area contributed by atoms with Gasteiger partial charge in [0.05, 0.1) is 12.2 Å². The first-order chi connectivity index (χ1) is 12.8. The fourth-order valence-corrected chi connectivity index (χ4v) is 4.16. The minimum atomic E-state index is -4.35. The first-order valence-electron chi connectivity index (χ1n) is 9.36. The summed E-state index contributed by atoms with van der Waals surface area (Å²) in [4.78, 5) is 2.06. The second kappa shape index (κ2) is 8.03. The van der Waals surface area contributed by atoms with E-state index in [1.807, 2.05) is 12.1 Å². The number of aliphatic hydroxyl groups is 1. The summed E-state index contributed by atoms with van der Waals surface area (Å²) in [6.45, 7) is 3.70. The van der Waals surface area contributed by atoms with Crippen molar-refractivity contribution in [2.24, 2.45) is 5.41 Å². The Bertz CT molecular complexity index is 774. The first-order valence-corrected chi connectivity index (χ1v) is 9.36. The molecule has 2 nitrogen and oxygen atoms in total.